The molecular formula is C8H3ClF4IN. The standard InChI is InChI=1S/C8H3ClF4IN/c9-5-1-4(8(11,12)13)3-15-6(5)2-7(10)14/h1-3H/b7-2-. The Morgan fingerprint density at radius 2 is 2.07 bits per heavy atom. The molecule has 0 amide bonds. The van der Waals surface area contributed by atoms with Gasteiger partial charge in [-0.3, -0.25) is 4.98 Å². The van der Waals surface area contributed by atoms with Crippen LogP contribution in [0.1, 0.15) is 11.3 Å². The highest BCUT2D eigenvalue weighted by Crippen LogP contribution is 2.31. The molecule has 0 unspecified atom stereocenters. The van der Waals surface area contributed by atoms with E-state index in [9.17, 15) is 17.6 Å². The number of alkyl halides is 3. The zero-order valence-electron chi connectivity index (χ0n) is 6.95. The highest BCUT2D eigenvalue weighted by atomic mass is 127. The zero-order valence-corrected chi connectivity index (χ0v) is 9.86. The van der Waals surface area contributed by atoms with Crippen molar-refractivity contribution in [2.45, 2.75) is 6.18 Å². The summed E-state index contributed by atoms with van der Waals surface area (Å²) in [4.78, 5) is 3.41. The fourth-order valence-corrected chi connectivity index (χ4v) is 1.33. The highest BCUT2D eigenvalue weighted by Gasteiger charge is 2.31. The quantitative estimate of drug-likeness (QED) is 0.538. The Kier molecular flexibility index (Phi) is 3.93. The lowest BCUT2D eigenvalue weighted by Gasteiger charge is -2.06. The van der Waals surface area contributed by atoms with Gasteiger partial charge in [-0.05, 0) is 28.7 Å². The molecule has 0 saturated heterocycles. The van der Waals surface area contributed by atoms with Crippen molar-refractivity contribution in [2.75, 3.05) is 0 Å². The Morgan fingerprint density at radius 1 is 1.47 bits per heavy atom. The minimum absolute atomic E-state index is 0.0310. The molecule has 0 spiro atoms. The first-order valence-electron chi connectivity index (χ1n) is 3.56. The molecular weight excluding hydrogens is 348 g/mol. The van der Waals surface area contributed by atoms with Crippen molar-refractivity contribution in [3.63, 3.8) is 0 Å². The second-order valence-corrected chi connectivity index (χ2v) is 3.96. The number of aromatic nitrogens is 1. The summed E-state index contributed by atoms with van der Waals surface area (Å²) in [6.45, 7) is 0. The Labute approximate surface area is 101 Å². The Hall–Kier alpha value is -0.370. The highest BCUT2D eigenvalue weighted by molar-refractivity contribution is 14.1. The van der Waals surface area contributed by atoms with Gasteiger partial charge in [0.15, 0.2) is 3.83 Å². The molecule has 1 rings (SSSR count). The molecule has 1 aromatic heterocycles. The van der Waals surface area contributed by atoms with Crippen LogP contribution >= 0.6 is 34.2 Å². The monoisotopic (exact) mass is 351 g/mol. The van der Waals surface area contributed by atoms with E-state index in [1.165, 1.54) is 22.6 Å². The van der Waals surface area contributed by atoms with Crippen LogP contribution in [-0.4, -0.2) is 4.98 Å². The molecule has 0 aliphatic heterocycles. The summed E-state index contributed by atoms with van der Waals surface area (Å²) < 4.78 is 48.3. The van der Waals surface area contributed by atoms with E-state index < -0.39 is 15.6 Å². The predicted octanol–water partition coefficient (Wildman–Crippen LogP) is 4.46. The fourth-order valence-electron chi connectivity index (χ4n) is 0.813. The molecule has 0 aromatic carbocycles. The van der Waals surface area contributed by atoms with E-state index in [2.05, 4.69) is 4.98 Å². The van der Waals surface area contributed by atoms with Gasteiger partial charge in [-0.25, -0.2) is 0 Å². The van der Waals surface area contributed by atoms with Gasteiger partial charge in [0, 0.05) is 12.3 Å². The van der Waals surface area contributed by atoms with Crippen LogP contribution in [0, 0.1) is 0 Å². The summed E-state index contributed by atoms with van der Waals surface area (Å²) in [6, 6.07) is 0.708. The van der Waals surface area contributed by atoms with Gasteiger partial charge in [0.25, 0.3) is 0 Å². The Balaban J connectivity index is 3.15. The first-order valence-corrected chi connectivity index (χ1v) is 5.02. The normalized spacial score (nSPS) is 13.1. The minimum atomic E-state index is -4.50. The molecule has 0 radical (unpaired) electrons. The maximum Gasteiger partial charge on any atom is 0.417 e. The van der Waals surface area contributed by atoms with Gasteiger partial charge in [0.2, 0.25) is 0 Å². The van der Waals surface area contributed by atoms with Gasteiger partial charge in [-0.15, -0.1) is 0 Å². The molecule has 0 atom stereocenters. The summed E-state index contributed by atoms with van der Waals surface area (Å²) in [6.07, 6.45) is -2.94. The Bertz CT molecular complexity index is 398. The average Bonchev–Trinajstić information content (AvgIpc) is 2.05. The van der Waals surface area contributed by atoms with Crippen molar-refractivity contribution in [3.8, 4) is 0 Å². The largest absolute Gasteiger partial charge is 0.417 e. The molecule has 0 aliphatic carbocycles. The number of hydrogen-bond acceptors (Lipinski definition) is 1. The van der Waals surface area contributed by atoms with Crippen LogP contribution in [0.25, 0.3) is 6.08 Å². The van der Waals surface area contributed by atoms with Crippen molar-refractivity contribution in [3.05, 3.63) is 32.4 Å². The molecule has 0 fully saturated rings. The molecule has 0 aliphatic rings. The third-order valence-electron chi connectivity index (χ3n) is 1.44. The topological polar surface area (TPSA) is 12.9 Å². The summed E-state index contributed by atoms with van der Waals surface area (Å²) in [5, 5.41) is -0.239. The zero-order chi connectivity index (χ0) is 11.6. The van der Waals surface area contributed by atoms with E-state index >= 15 is 0 Å². The van der Waals surface area contributed by atoms with Gasteiger partial charge >= 0.3 is 6.18 Å². The molecule has 0 N–H and O–H groups in total. The molecule has 1 nitrogen and oxygen atoms in total. The number of nitrogens with zero attached hydrogens (tertiary/aromatic N) is 1. The molecule has 1 heterocycles. The summed E-state index contributed by atoms with van der Waals surface area (Å²) in [5.41, 5.74) is -0.991. The predicted molar refractivity (Wildman–Crippen MR) is 57.4 cm³/mol. The molecule has 0 saturated carbocycles. The SMILES string of the molecule is F/C(I)=C/c1ncc(C(F)(F)F)cc1Cl. The number of hydrogen-bond donors (Lipinski definition) is 0. The van der Waals surface area contributed by atoms with Gasteiger partial charge in [0.05, 0.1) is 16.3 Å². The third-order valence-corrected chi connectivity index (χ3v) is 2.06. The fraction of sp³-hybridized carbons (Fsp3) is 0.125. The average molecular weight is 351 g/mol. The van der Waals surface area contributed by atoms with E-state index in [0.717, 1.165) is 6.08 Å². The molecule has 15 heavy (non-hydrogen) atoms. The maximum atomic E-state index is 12.4. The number of halogens is 6. The van der Waals surface area contributed by atoms with Crippen LogP contribution in [0.3, 0.4) is 0 Å². The molecule has 0 bridgehead atoms. The van der Waals surface area contributed by atoms with Crippen LogP contribution in [0.4, 0.5) is 17.6 Å². The van der Waals surface area contributed by atoms with Gasteiger partial charge in [-0.2, -0.15) is 17.6 Å². The molecule has 82 valence electrons. The molecule has 1 aromatic rings. The van der Waals surface area contributed by atoms with Crippen LogP contribution in [0.15, 0.2) is 16.1 Å². The third kappa shape index (κ3) is 3.60. The van der Waals surface area contributed by atoms with E-state index in [1.54, 1.807) is 0 Å². The first-order chi connectivity index (χ1) is 6.80. The van der Waals surface area contributed by atoms with Crippen LogP contribution in [0.5, 0.6) is 0 Å². The van der Waals surface area contributed by atoms with Crippen molar-refractivity contribution >= 4 is 40.3 Å². The van der Waals surface area contributed by atoms with Crippen LogP contribution in [-0.2, 0) is 6.18 Å². The Morgan fingerprint density at radius 3 is 2.47 bits per heavy atom. The van der Waals surface area contributed by atoms with E-state index in [0.29, 0.717) is 12.3 Å². The van der Waals surface area contributed by atoms with E-state index in [4.69, 9.17) is 11.6 Å². The second-order valence-electron chi connectivity index (χ2n) is 2.52. The lowest BCUT2D eigenvalue weighted by atomic mass is 10.2. The van der Waals surface area contributed by atoms with Crippen molar-refractivity contribution in [2.24, 2.45) is 0 Å². The van der Waals surface area contributed by atoms with Crippen LogP contribution in [0.2, 0.25) is 5.02 Å². The minimum Gasteiger partial charge on any atom is -0.255 e. The van der Waals surface area contributed by atoms with Crippen molar-refractivity contribution < 1.29 is 17.6 Å². The van der Waals surface area contributed by atoms with Gasteiger partial charge in [-0.1, -0.05) is 11.6 Å². The summed E-state index contributed by atoms with van der Waals surface area (Å²) in [7, 11) is 0. The lowest BCUT2D eigenvalue weighted by molar-refractivity contribution is -0.137. The van der Waals surface area contributed by atoms with Gasteiger partial charge < -0.3 is 0 Å². The number of rotatable bonds is 1. The smallest absolute Gasteiger partial charge is 0.255 e. The second kappa shape index (κ2) is 4.65. The van der Waals surface area contributed by atoms with Crippen LogP contribution < -0.4 is 0 Å². The maximum absolute atomic E-state index is 12.4. The first kappa shape index (κ1) is 12.7. The van der Waals surface area contributed by atoms with Gasteiger partial charge in [0.1, 0.15) is 0 Å². The summed E-state index contributed by atoms with van der Waals surface area (Å²) in [5.74, 6) is 0. The van der Waals surface area contributed by atoms with E-state index in [-0.39, 0.29) is 10.7 Å². The number of pyridine rings is 1. The van der Waals surface area contributed by atoms with Crippen molar-refractivity contribution in [1.29, 1.82) is 0 Å². The van der Waals surface area contributed by atoms with E-state index in [1.807, 2.05) is 0 Å². The van der Waals surface area contributed by atoms with Crippen molar-refractivity contribution in [1.82, 2.24) is 4.98 Å². The molecule has 7 heteroatoms. The lowest BCUT2D eigenvalue weighted by Crippen LogP contribution is -2.05. The summed E-state index contributed by atoms with van der Waals surface area (Å²) >= 11 is 6.86.